The van der Waals surface area contributed by atoms with E-state index in [2.05, 4.69) is 79.5 Å². The molecule has 0 bridgehead atoms. The van der Waals surface area contributed by atoms with E-state index in [0.717, 1.165) is 29.3 Å². The Labute approximate surface area is 137 Å². The molecule has 1 aromatic heterocycles. The molecule has 23 heavy (non-hydrogen) atoms. The Morgan fingerprint density at radius 1 is 1.00 bits per heavy atom. The molecule has 0 N–H and O–H groups in total. The number of benzene rings is 2. The first kappa shape index (κ1) is 15.4. The molecule has 0 saturated heterocycles. The Morgan fingerprint density at radius 2 is 1.74 bits per heavy atom. The Hall–Kier alpha value is -2.46. The molecule has 3 rings (SSSR count). The zero-order valence-corrected chi connectivity index (χ0v) is 14.1. The van der Waals surface area contributed by atoms with Crippen LogP contribution in [0.25, 0.3) is 22.8 Å². The number of aromatic nitrogens is 3. The highest BCUT2D eigenvalue weighted by molar-refractivity contribution is 5.62. The second-order valence-corrected chi connectivity index (χ2v) is 6.19. The first-order chi connectivity index (χ1) is 11.0. The number of nitrogens with zero attached hydrogens (tertiary/aromatic N) is 4. The van der Waals surface area contributed by atoms with Crippen LogP contribution in [0, 0.1) is 6.92 Å². The molecule has 0 atom stereocenters. The van der Waals surface area contributed by atoms with Gasteiger partial charge in [-0.3, -0.25) is 0 Å². The van der Waals surface area contributed by atoms with Crippen LogP contribution in [-0.4, -0.2) is 33.8 Å². The van der Waals surface area contributed by atoms with Crippen molar-refractivity contribution >= 4 is 0 Å². The van der Waals surface area contributed by atoms with E-state index in [1.165, 1.54) is 11.1 Å². The van der Waals surface area contributed by atoms with Crippen LogP contribution in [0.4, 0.5) is 0 Å². The molecular formula is C19H22N4. The molecule has 0 aliphatic rings. The van der Waals surface area contributed by atoms with Crippen LogP contribution < -0.4 is 0 Å². The van der Waals surface area contributed by atoms with Gasteiger partial charge in [-0.15, -0.1) is 0 Å². The number of rotatable bonds is 4. The summed E-state index contributed by atoms with van der Waals surface area (Å²) in [5.74, 6) is 1.65. The lowest BCUT2D eigenvalue weighted by Crippen LogP contribution is -2.10. The molecule has 0 aliphatic carbocycles. The van der Waals surface area contributed by atoms with E-state index in [9.17, 15) is 0 Å². The predicted molar refractivity (Wildman–Crippen MR) is 94.0 cm³/mol. The summed E-state index contributed by atoms with van der Waals surface area (Å²) >= 11 is 0. The Morgan fingerprint density at radius 3 is 2.43 bits per heavy atom. The summed E-state index contributed by atoms with van der Waals surface area (Å²) in [6.07, 6.45) is 0. The van der Waals surface area contributed by atoms with E-state index in [4.69, 9.17) is 4.98 Å². The molecule has 0 unspecified atom stereocenters. The molecule has 2 aromatic carbocycles. The zero-order valence-electron chi connectivity index (χ0n) is 14.1. The molecule has 1 heterocycles. The molecule has 118 valence electrons. The van der Waals surface area contributed by atoms with E-state index in [0.29, 0.717) is 0 Å². The first-order valence-corrected chi connectivity index (χ1v) is 7.75. The van der Waals surface area contributed by atoms with Gasteiger partial charge in [-0.25, -0.2) is 9.67 Å². The highest BCUT2D eigenvalue weighted by Gasteiger charge is 2.11. The Balaban J connectivity index is 1.96. The summed E-state index contributed by atoms with van der Waals surface area (Å²) in [5, 5.41) is 4.57. The molecule has 0 saturated carbocycles. The van der Waals surface area contributed by atoms with Crippen molar-refractivity contribution in [2.75, 3.05) is 14.1 Å². The van der Waals surface area contributed by atoms with Crippen molar-refractivity contribution < 1.29 is 0 Å². The lowest BCUT2D eigenvalue weighted by atomic mass is 10.1. The monoisotopic (exact) mass is 306 g/mol. The van der Waals surface area contributed by atoms with Crippen LogP contribution in [0.5, 0.6) is 0 Å². The minimum Gasteiger partial charge on any atom is -0.305 e. The fourth-order valence-electron chi connectivity index (χ4n) is 2.63. The predicted octanol–water partition coefficient (Wildman–Crippen LogP) is 3.52. The van der Waals surface area contributed by atoms with Gasteiger partial charge in [0.25, 0.3) is 0 Å². The lowest BCUT2D eigenvalue weighted by molar-refractivity contribution is 0.402. The van der Waals surface area contributed by atoms with Crippen LogP contribution in [-0.2, 0) is 13.6 Å². The molecule has 4 heteroatoms. The van der Waals surface area contributed by atoms with Crippen LogP contribution in [0.3, 0.4) is 0 Å². The third-order valence-electron chi connectivity index (χ3n) is 3.76. The standard InChI is InChI=1S/C19H22N4/c1-14-8-10-16(11-9-14)18-20-19(23(4)21-18)17-7-5-6-15(12-17)13-22(2)3/h5-12H,13H2,1-4H3. The zero-order chi connectivity index (χ0) is 16.4. The van der Waals surface area contributed by atoms with Crippen LogP contribution >= 0.6 is 0 Å². The van der Waals surface area contributed by atoms with Crippen LogP contribution in [0.2, 0.25) is 0 Å². The Kier molecular flexibility index (Phi) is 4.26. The largest absolute Gasteiger partial charge is 0.305 e. The maximum absolute atomic E-state index is 4.74. The molecule has 0 amide bonds. The minimum atomic E-state index is 0.764. The van der Waals surface area contributed by atoms with Crippen molar-refractivity contribution in [1.29, 1.82) is 0 Å². The van der Waals surface area contributed by atoms with E-state index < -0.39 is 0 Å². The number of aryl methyl sites for hydroxylation is 2. The fourth-order valence-corrected chi connectivity index (χ4v) is 2.63. The van der Waals surface area contributed by atoms with E-state index in [1.807, 2.05) is 11.7 Å². The lowest BCUT2D eigenvalue weighted by Gasteiger charge is -2.10. The summed E-state index contributed by atoms with van der Waals surface area (Å²) in [6.45, 7) is 2.99. The first-order valence-electron chi connectivity index (χ1n) is 7.75. The van der Waals surface area contributed by atoms with Gasteiger partial charge in [-0.1, -0.05) is 48.0 Å². The average Bonchev–Trinajstić information content (AvgIpc) is 2.89. The molecule has 4 nitrogen and oxygen atoms in total. The second-order valence-electron chi connectivity index (χ2n) is 6.19. The van der Waals surface area contributed by atoms with Gasteiger partial charge in [0.1, 0.15) is 0 Å². The molecule has 0 radical (unpaired) electrons. The maximum Gasteiger partial charge on any atom is 0.181 e. The van der Waals surface area contributed by atoms with Crippen molar-refractivity contribution in [2.24, 2.45) is 7.05 Å². The third-order valence-corrected chi connectivity index (χ3v) is 3.76. The Bertz CT molecular complexity index is 800. The summed E-state index contributed by atoms with van der Waals surface area (Å²) in [6, 6.07) is 16.8. The van der Waals surface area contributed by atoms with Gasteiger partial charge in [0.05, 0.1) is 0 Å². The second kappa shape index (κ2) is 6.34. The minimum absolute atomic E-state index is 0.764. The van der Waals surface area contributed by atoms with E-state index in [-0.39, 0.29) is 0 Å². The van der Waals surface area contributed by atoms with Gasteiger partial charge in [0, 0.05) is 24.7 Å². The fraction of sp³-hybridized carbons (Fsp3) is 0.263. The van der Waals surface area contributed by atoms with Gasteiger partial charge in [-0.2, -0.15) is 5.10 Å². The van der Waals surface area contributed by atoms with Gasteiger partial charge < -0.3 is 4.90 Å². The van der Waals surface area contributed by atoms with E-state index in [1.54, 1.807) is 0 Å². The molecule has 0 spiro atoms. The summed E-state index contributed by atoms with van der Waals surface area (Å²) in [5.41, 5.74) is 4.65. The summed E-state index contributed by atoms with van der Waals surface area (Å²) in [7, 11) is 6.09. The van der Waals surface area contributed by atoms with Crippen LogP contribution in [0.15, 0.2) is 48.5 Å². The van der Waals surface area contributed by atoms with Crippen molar-refractivity contribution in [1.82, 2.24) is 19.7 Å². The smallest absolute Gasteiger partial charge is 0.181 e. The summed E-state index contributed by atoms with van der Waals surface area (Å²) < 4.78 is 1.85. The molecule has 0 fully saturated rings. The maximum atomic E-state index is 4.74. The quantitative estimate of drug-likeness (QED) is 0.739. The number of hydrogen-bond acceptors (Lipinski definition) is 3. The average molecular weight is 306 g/mol. The van der Waals surface area contributed by atoms with E-state index >= 15 is 0 Å². The molecule has 3 aromatic rings. The van der Waals surface area contributed by atoms with Crippen LogP contribution in [0.1, 0.15) is 11.1 Å². The van der Waals surface area contributed by atoms with Crippen molar-refractivity contribution in [2.45, 2.75) is 13.5 Å². The topological polar surface area (TPSA) is 34.0 Å². The van der Waals surface area contributed by atoms with Crippen molar-refractivity contribution in [3.05, 3.63) is 59.7 Å². The highest BCUT2D eigenvalue weighted by Crippen LogP contribution is 2.23. The van der Waals surface area contributed by atoms with Gasteiger partial charge in [0.15, 0.2) is 11.6 Å². The summed E-state index contributed by atoms with van der Waals surface area (Å²) in [4.78, 5) is 6.90. The number of hydrogen-bond donors (Lipinski definition) is 0. The molecule has 0 aliphatic heterocycles. The third kappa shape index (κ3) is 3.48. The van der Waals surface area contributed by atoms with Crippen molar-refractivity contribution in [3.8, 4) is 22.8 Å². The van der Waals surface area contributed by atoms with Gasteiger partial charge in [-0.05, 0) is 32.6 Å². The highest BCUT2D eigenvalue weighted by atomic mass is 15.3. The van der Waals surface area contributed by atoms with Gasteiger partial charge >= 0.3 is 0 Å². The normalized spacial score (nSPS) is 11.2. The SMILES string of the molecule is Cc1ccc(-c2nc(-c3cccc(CN(C)C)c3)n(C)n2)cc1. The van der Waals surface area contributed by atoms with Crippen molar-refractivity contribution in [3.63, 3.8) is 0 Å². The van der Waals surface area contributed by atoms with Gasteiger partial charge in [0.2, 0.25) is 0 Å². The molecular weight excluding hydrogens is 284 g/mol.